The van der Waals surface area contributed by atoms with Gasteiger partial charge < -0.3 is 10.1 Å². The average molecular weight is 248 g/mol. The second kappa shape index (κ2) is 5.80. The third kappa shape index (κ3) is 3.28. The van der Waals surface area contributed by atoms with E-state index in [4.69, 9.17) is 4.74 Å². The van der Waals surface area contributed by atoms with E-state index in [9.17, 15) is 0 Å². The number of hydrogen-bond acceptors (Lipinski definition) is 4. The van der Waals surface area contributed by atoms with E-state index in [1.54, 1.807) is 18.4 Å². The number of rotatable bonds is 5. The maximum absolute atomic E-state index is 5.22. The quantitative estimate of drug-likeness (QED) is 0.883. The summed E-state index contributed by atoms with van der Waals surface area (Å²) in [6.07, 6.45) is 0. The van der Waals surface area contributed by atoms with Crippen molar-refractivity contribution in [1.82, 2.24) is 10.3 Å². The van der Waals surface area contributed by atoms with Crippen LogP contribution in [0.2, 0.25) is 0 Å². The van der Waals surface area contributed by atoms with Crippen molar-refractivity contribution in [3.8, 4) is 5.75 Å². The van der Waals surface area contributed by atoms with E-state index in [1.807, 2.05) is 17.6 Å². The van der Waals surface area contributed by atoms with E-state index in [2.05, 4.69) is 34.7 Å². The highest BCUT2D eigenvalue weighted by atomic mass is 32.1. The van der Waals surface area contributed by atoms with Crippen LogP contribution in [0.25, 0.3) is 0 Å². The third-order valence-corrected chi connectivity index (χ3v) is 3.30. The normalized spacial score (nSPS) is 12.4. The van der Waals surface area contributed by atoms with Gasteiger partial charge in [0.25, 0.3) is 0 Å². The van der Waals surface area contributed by atoms with Crippen molar-refractivity contribution in [3.05, 3.63) is 46.4 Å². The first-order valence-corrected chi connectivity index (χ1v) is 6.48. The number of thiazole rings is 1. The lowest BCUT2D eigenvalue weighted by Gasteiger charge is -2.14. The van der Waals surface area contributed by atoms with Gasteiger partial charge in [-0.25, -0.2) is 4.98 Å². The van der Waals surface area contributed by atoms with E-state index in [0.29, 0.717) is 0 Å². The van der Waals surface area contributed by atoms with Crippen LogP contribution >= 0.6 is 11.3 Å². The number of ether oxygens (including phenoxy) is 1. The van der Waals surface area contributed by atoms with Crippen LogP contribution in [0.4, 0.5) is 0 Å². The van der Waals surface area contributed by atoms with Crippen LogP contribution < -0.4 is 10.1 Å². The summed E-state index contributed by atoms with van der Waals surface area (Å²) in [6.45, 7) is 2.93. The predicted octanol–water partition coefficient (Wildman–Crippen LogP) is 3.00. The fourth-order valence-electron chi connectivity index (χ4n) is 1.61. The van der Waals surface area contributed by atoms with Gasteiger partial charge in [-0.05, 0) is 24.6 Å². The Bertz CT molecular complexity index is 456. The standard InChI is InChI=1S/C13H16N2OS/c1-10(14-7-12-8-17-9-15-12)11-4-3-5-13(6-11)16-2/h3-6,8-10,14H,7H2,1-2H3/t10-/m0/s1. The number of nitrogens with zero attached hydrogens (tertiary/aromatic N) is 1. The zero-order chi connectivity index (χ0) is 12.1. The number of aromatic nitrogens is 1. The van der Waals surface area contributed by atoms with Crippen molar-refractivity contribution in [2.75, 3.05) is 7.11 Å². The second-order valence-electron chi connectivity index (χ2n) is 3.86. The van der Waals surface area contributed by atoms with Gasteiger partial charge in [0.05, 0.1) is 18.3 Å². The van der Waals surface area contributed by atoms with Gasteiger partial charge in [0.15, 0.2) is 0 Å². The highest BCUT2D eigenvalue weighted by Crippen LogP contribution is 2.19. The van der Waals surface area contributed by atoms with Gasteiger partial charge in [0, 0.05) is 18.0 Å². The van der Waals surface area contributed by atoms with E-state index < -0.39 is 0 Å². The molecule has 4 heteroatoms. The van der Waals surface area contributed by atoms with Crippen molar-refractivity contribution in [3.63, 3.8) is 0 Å². The molecular formula is C13H16N2OS. The molecule has 3 nitrogen and oxygen atoms in total. The van der Waals surface area contributed by atoms with E-state index in [0.717, 1.165) is 18.0 Å². The molecule has 0 radical (unpaired) electrons. The molecule has 1 N–H and O–H groups in total. The molecule has 0 spiro atoms. The summed E-state index contributed by atoms with van der Waals surface area (Å²) in [7, 11) is 1.69. The van der Waals surface area contributed by atoms with Gasteiger partial charge >= 0.3 is 0 Å². The molecule has 0 bridgehead atoms. The van der Waals surface area contributed by atoms with Gasteiger partial charge in [0.1, 0.15) is 5.75 Å². The molecule has 1 atom stereocenters. The SMILES string of the molecule is COc1cccc([C@H](C)NCc2cscn2)c1. The fourth-order valence-corrected chi connectivity index (χ4v) is 2.17. The highest BCUT2D eigenvalue weighted by Gasteiger charge is 2.06. The molecule has 0 amide bonds. The minimum Gasteiger partial charge on any atom is -0.497 e. The summed E-state index contributed by atoms with van der Waals surface area (Å²) in [5.74, 6) is 0.893. The molecule has 1 aromatic heterocycles. The largest absolute Gasteiger partial charge is 0.497 e. The third-order valence-electron chi connectivity index (χ3n) is 2.67. The Balaban J connectivity index is 1.96. The van der Waals surface area contributed by atoms with Gasteiger partial charge in [-0.2, -0.15) is 0 Å². The molecule has 0 aliphatic carbocycles. The van der Waals surface area contributed by atoms with Crippen molar-refractivity contribution in [2.45, 2.75) is 19.5 Å². The number of hydrogen-bond donors (Lipinski definition) is 1. The lowest BCUT2D eigenvalue weighted by atomic mass is 10.1. The molecule has 0 unspecified atom stereocenters. The summed E-state index contributed by atoms with van der Waals surface area (Å²) in [6, 6.07) is 8.40. The molecular weight excluding hydrogens is 232 g/mol. The zero-order valence-corrected chi connectivity index (χ0v) is 10.8. The minimum absolute atomic E-state index is 0.284. The van der Waals surface area contributed by atoms with Crippen LogP contribution in [0.1, 0.15) is 24.2 Å². The summed E-state index contributed by atoms with van der Waals surface area (Å²) in [5.41, 5.74) is 4.16. The Morgan fingerprint density at radius 2 is 2.35 bits per heavy atom. The van der Waals surface area contributed by atoms with E-state index in [-0.39, 0.29) is 6.04 Å². The topological polar surface area (TPSA) is 34.1 Å². The van der Waals surface area contributed by atoms with Crippen LogP contribution in [-0.2, 0) is 6.54 Å². The first-order valence-electron chi connectivity index (χ1n) is 5.54. The first-order chi connectivity index (χ1) is 8.29. The van der Waals surface area contributed by atoms with Gasteiger partial charge in [-0.15, -0.1) is 11.3 Å². The van der Waals surface area contributed by atoms with Crippen LogP contribution in [0, 0.1) is 0 Å². The van der Waals surface area contributed by atoms with Crippen molar-refractivity contribution in [1.29, 1.82) is 0 Å². The maximum atomic E-state index is 5.22. The Labute approximate surface area is 105 Å². The van der Waals surface area contributed by atoms with Crippen LogP contribution in [0.3, 0.4) is 0 Å². The van der Waals surface area contributed by atoms with Gasteiger partial charge in [0.2, 0.25) is 0 Å². The number of methoxy groups -OCH3 is 1. The molecule has 0 saturated carbocycles. The smallest absolute Gasteiger partial charge is 0.119 e. The molecule has 2 aromatic rings. The molecule has 2 rings (SSSR count). The second-order valence-corrected chi connectivity index (χ2v) is 4.58. The maximum Gasteiger partial charge on any atom is 0.119 e. The van der Waals surface area contributed by atoms with Crippen LogP contribution in [0.15, 0.2) is 35.2 Å². The van der Waals surface area contributed by atoms with Crippen molar-refractivity contribution in [2.24, 2.45) is 0 Å². The van der Waals surface area contributed by atoms with Gasteiger partial charge in [-0.1, -0.05) is 12.1 Å². The molecule has 0 aliphatic rings. The summed E-state index contributed by atoms with van der Waals surface area (Å²) in [4.78, 5) is 4.25. The highest BCUT2D eigenvalue weighted by molar-refractivity contribution is 7.07. The van der Waals surface area contributed by atoms with Crippen molar-refractivity contribution >= 4 is 11.3 Å². The lowest BCUT2D eigenvalue weighted by molar-refractivity contribution is 0.413. The monoisotopic (exact) mass is 248 g/mol. The summed E-state index contributed by atoms with van der Waals surface area (Å²) >= 11 is 1.62. The number of nitrogens with one attached hydrogen (secondary N) is 1. The molecule has 0 fully saturated rings. The van der Waals surface area contributed by atoms with Crippen molar-refractivity contribution < 1.29 is 4.74 Å². The average Bonchev–Trinajstić information content (AvgIpc) is 2.89. The van der Waals surface area contributed by atoms with Crippen LogP contribution in [0.5, 0.6) is 5.75 Å². The Morgan fingerprint density at radius 3 is 3.06 bits per heavy atom. The molecule has 0 aliphatic heterocycles. The zero-order valence-electron chi connectivity index (χ0n) is 10.0. The predicted molar refractivity (Wildman–Crippen MR) is 70.4 cm³/mol. The van der Waals surface area contributed by atoms with Crippen LogP contribution in [-0.4, -0.2) is 12.1 Å². The Kier molecular flexibility index (Phi) is 4.12. The minimum atomic E-state index is 0.284. The Hall–Kier alpha value is -1.39. The summed E-state index contributed by atoms with van der Waals surface area (Å²) < 4.78 is 5.22. The molecule has 90 valence electrons. The van der Waals surface area contributed by atoms with Gasteiger partial charge in [-0.3, -0.25) is 0 Å². The van der Waals surface area contributed by atoms with E-state index in [1.165, 1.54) is 5.56 Å². The Morgan fingerprint density at radius 1 is 1.47 bits per heavy atom. The fraction of sp³-hybridized carbons (Fsp3) is 0.308. The molecule has 17 heavy (non-hydrogen) atoms. The lowest BCUT2D eigenvalue weighted by Crippen LogP contribution is -2.18. The molecule has 0 saturated heterocycles. The molecule has 1 aromatic carbocycles. The van der Waals surface area contributed by atoms with E-state index >= 15 is 0 Å². The number of benzene rings is 1. The first kappa shape index (κ1) is 12.1. The molecule has 1 heterocycles. The summed E-state index contributed by atoms with van der Waals surface area (Å²) in [5, 5.41) is 5.50.